The first-order chi connectivity index (χ1) is 7.13. The van der Waals surface area contributed by atoms with E-state index in [1.807, 2.05) is 0 Å². The van der Waals surface area contributed by atoms with Crippen LogP contribution in [-0.2, 0) is 13.5 Å². The third-order valence-corrected chi connectivity index (χ3v) is 3.01. The highest BCUT2D eigenvalue weighted by atomic mass is 14.9. The van der Waals surface area contributed by atoms with Gasteiger partial charge in [-0.25, -0.2) is 0 Å². The molecule has 0 amide bonds. The Kier molecular flexibility index (Phi) is 2.53. The smallest absolute Gasteiger partial charge is 0.0485 e. The Morgan fingerprint density at radius 3 is 2.60 bits per heavy atom. The molecular formula is C13H18N2. The fraction of sp³-hybridized carbons (Fsp3) is 0.385. The largest absolute Gasteiger partial charge is 0.348 e. The van der Waals surface area contributed by atoms with E-state index in [0.29, 0.717) is 6.54 Å². The minimum atomic E-state index is 0.711. The molecule has 0 saturated heterocycles. The first-order valence-corrected chi connectivity index (χ1v) is 5.39. The average Bonchev–Trinajstić information content (AvgIpc) is 2.47. The molecule has 0 fully saturated rings. The van der Waals surface area contributed by atoms with Crippen molar-refractivity contribution in [1.82, 2.24) is 4.57 Å². The summed E-state index contributed by atoms with van der Waals surface area (Å²) in [6.07, 6.45) is 0.948. The van der Waals surface area contributed by atoms with Crippen LogP contribution in [0.1, 0.15) is 16.8 Å². The van der Waals surface area contributed by atoms with Crippen LogP contribution in [0, 0.1) is 13.8 Å². The lowest BCUT2D eigenvalue weighted by molar-refractivity contribution is 0.827. The summed E-state index contributed by atoms with van der Waals surface area (Å²) in [6, 6.07) is 6.73. The number of aryl methyl sites for hydroxylation is 3. The predicted molar refractivity (Wildman–Crippen MR) is 65.2 cm³/mol. The van der Waals surface area contributed by atoms with Gasteiger partial charge in [-0.2, -0.15) is 0 Å². The minimum Gasteiger partial charge on any atom is -0.348 e. The highest BCUT2D eigenvalue weighted by molar-refractivity contribution is 5.85. The van der Waals surface area contributed by atoms with Gasteiger partial charge in [-0.1, -0.05) is 6.07 Å². The molecule has 2 aromatic rings. The number of aromatic nitrogens is 1. The number of rotatable bonds is 2. The number of benzene rings is 1. The van der Waals surface area contributed by atoms with E-state index < -0.39 is 0 Å². The molecule has 0 radical (unpaired) electrons. The maximum Gasteiger partial charge on any atom is 0.0485 e. The van der Waals surface area contributed by atoms with Crippen molar-refractivity contribution in [1.29, 1.82) is 0 Å². The third-order valence-electron chi connectivity index (χ3n) is 3.01. The van der Waals surface area contributed by atoms with E-state index in [9.17, 15) is 0 Å². The van der Waals surface area contributed by atoms with Crippen LogP contribution in [0.5, 0.6) is 0 Å². The van der Waals surface area contributed by atoms with Gasteiger partial charge in [-0.3, -0.25) is 0 Å². The standard InChI is InChI=1S/C13H18N2/c1-9-6-10(2)12-8-11(4-5-14)15(3)13(12)7-9/h6-8H,4-5,14H2,1-3H3. The van der Waals surface area contributed by atoms with Gasteiger partial charge >= 0.3 is 0 Å². The summed E-state index contributed by atoms with van der Waals surface area (Å²) < 4.78 is 2.25. The minimum absolute atomic E-state index is 0.711. The van der Waals surface area contributed by atoms with Crippen LogP contribution < -0.4 is 5.73 Å². The highest BCUT2D eigenvalue weighted by Crippen LogP contribution is 2.23. The Labute approximate surface area is 90.7 Å². The summed E-state index contributed by atoms with van der Waals surface area (Å²) in [5.41, 5.74) is 10.9. The quantitative estimate of drug-likeness (QED) is 0.796. The van der Waals surface area contributed by atoms with Crippen molar-refractivity contribution < 1.29 is 0 Å². The SMILES string of the molecule is Cc1cc(C)c2cc(CCN)n(C)c2c1. The van der Waals surface area contributed by atoms with Crippen molar-refractivity contribution in [3.63, 3.8) is 0 Å². The van der Waals surface area contributed by atoms with E-state index in [2.05, 4.69) is 43.7 Å². The van der Waals surface area contributed by atoms with Crippen molar-refractivity contribution >= 4 is 10.9 Å². The molecule has 2 rings (SSSR count). The summed E-state index contributed by atoms with van der Waals surface area (Å²) in [7, 11) is 2.12. The van der Waals surface area contributed by atoms with Crippen LogP contribution in [0.4, 0.5) is 0 Å². The molecule has 1 aromatic carbocycles. The fourth-order valence-electron chi connectivity index (χ4n) is 2.23. The van der Waals surface area contributed by atoms with Crippen LogP contribution in [0.3, 0.4) is 0 Å². The van der Waals surface area contributed by atoms with Gasteiger partial charge in [-0.05, 0) is 50.1 Å². The van der Waals surface area contributed by atoms with E-state index in [4.69, 9.17) is 5.73 Å². The maximum absolute atomic E-state index is 5.61. The van der Waals surface area contributed by atoms with Gasteiger partial charge < -0.3 is 10.3 Å². The lowest BCUT2D eigenvalue weighted by Crippen LogP contribution is -2.06. The molecule has 0 atom stereocenters. The number of nitrogens with zero attached hydrogens (tertiary/aromatic N) is 1. The molecule has 0 unspecified atom stereocenters. The average molecular weight is 202 g/mol. The number of hydrogen-bond donors (Lipinski definition) is 1. The summed E-state index contributed by atoms with van der Waals surface area (Å²) >= 11 is 0. The molecule has 15 heavy (non-hydrogen) atoms. The molecule has 0 aliphatic heterocycles. The van der Waals surface area contributed by atoms with Crippen LogP contribution >= 0.6 is 0 Å². The Balaban J connectivity index is 2.70. The maximum atomic E-state index is 5.61. The molecule has 0 aliphatic carbocycles. The summed E-state index contributed by atoms with van der Waals surface area (Å²) in [4.78, 5) is 0. The highest BCUT2D eigenvalue weighted by Gasteiger charge is 2.07. The number of nitrogens with two attached hydrogens (primary N) is 1. The zero-order valence-corrected chi connectivity index (χ0v) is 9.67. The second-order valence-electron chi connectivity index (χ2n) is 4.25. The third kappa shape index (κ3) is 1.65. The van der Waals surface area contributed by atoms with Crippen molar-refractivity contribution in [3.05, 3.63) is 35.0 Å². The Hall–Kier alpha value is -1.28. The van der Waals surface area contributed by atoms with E-state index >= 15 is 0 Å². The number of fused-ring (bicyclic) bond motifs is 1. The zero-order valence-electron chi connectivity index (χ0n) is 9.67. The molecule has 1 aromatic heterocycles. The molecule has 80 valence electrons. The van der Waals surface area contributed by atoms with Crippen LogP contribution in [0.2, 0.25) is 0 Å². The van der Waals surface area contributed by atoms with Gasteiger partial charge in [0.05, 0.1) is 0 Å². The van der Waals surface area contributed by atoms with Gasteiger partial charge in [0.15, 0.2) is 0 Å². The monoisotopic (exact) mass is 202 g/mol. The topological polar surface area (TPSA) is 30.9 Å². The lowest BCUT2D eigenvalue weighted by Gasteiger charge is -2.03. The zero-order chi connectivity index (χ0) is 11.0. The molecule has 0 aliphatic rings. The predicted octanol–water partition coefficient (Wildman–Crippen LogP) is 2.30. The number of hydrogen-bond acceptors (Lipinski definition) is 1. The van der Waals surface area contributed by atoms with E-state index in [0.717, 1.165) is 6.42 Å². The Bertz CT molecular complexity index is 495. The fourth-order valence-corrected chi connectivity index (χ4v) is 2.23. The van der Waals surface area contributed by atoms with E-state index in [1.165, 1.54) is 27.7 Å². The second-order valence-corrected chi connectivity index (χ2v) is 4.25. The normalized spacial score (nSPS) is 11.2. The van der Waals surface area contributed by atoms with Crippen LogP contribution in [-0.4, -0.2) is 11.1 Å². The van der Waals surface area contributed by atoms with Gasteiger partial charge in [-0.15, -0.1) is 0 Å². The lowest BCUT2D eigenvalue weighted by atomic mass is 10.1. The Morgan fingerprint density at radius 2 is 1.93 bits per heavy atom. The molecule has 2 heteroatoms. The summed E-state index contributed by atoms with van der Waals surface area (Å²) in [5, 5.41) is 1.35. The molecule has 2 nitrogen and oxygen atoms in total. The van der Waals surface area contributed by atoms with Crippen molar-refractivity contribution in [2.24, 2.45) is 12.8 Å². The summed E-state index contributed by atoms with van der Waals surface area (Å²) in [6.45, 7) is 5.02. The summed E-state index contributed by atoms with van der Waals surface area (Å²) in [5.74, 6) is 0. The van der Waals surface area contributed by atoms with E-state index in [-0.39, 0.29) is 0 Å². The first-order valence-electron chi connectivity index (χ1n) is 5.39. The van der Waals surface area contributed by atoms with Crippen LogP contribution in [0.15, 0.2) is 18.2 Å². The molecule has 0 bridgehead atoms. The van der Waals surface area contributed by atoms with E-state index in [1.54, 1.807) is 0 Å². The van der Waals surface area contributed by atoms with Gasteiger partial charge in [0.2, 0.25) is 0 Å². The Morgan fingerprint density at radius 1 is 1.20 bits per heavy atom. The molecule has 1 heterocycles. The van der Waals surface area contributed by atoms with Crippen molar-refractivity contribution in [2.75, 3.05) is 6.54 Å². The van der Waals surface area contributed by atoms with Gasteiger partial charge in [0, 0.05) is 23.6 Å². The second kappa shape index (κ2) is 3.70. The first kappa shape index (κ1) is 10.2. The van der Waals surface area contributed by atoms with Gasteiger partial charge in [0.25, 0.3) is 0 Å². The van der Waals surface area contributed by atoms with Crippen LogP contribution in [0.25, 0.3) is 10.9 Å². The molecule has 2 N–H and O–H groups in total. The van der Waals surface area contributed by atoms with Gasteiger partial charge in [0.1, 0.15) is 0 Å². The van der Waals surface area contributed by atoms with Crippen molar-refractivity contribution in [2.45, 2.75) is 20.3 Å². The van der Waals surface area contributed by atoms with Crippen molar-refractivity contribution in [3.8, 4) is 0 Å². The molecule has 0 saturated carbocycles. The molecule has 0 spiro atoms. The molecular weight excluding hydrogens is 184 g/mol.